The van der Waals surface area contributed by atoms with E-state index in [4.69, 9.17) is 0 Å². The van der Waals surface area contributed by atoms with E-state index in [1.807, 2.05) is 14.1 Å². The lowest BCUT2D eigenvalue weighted by Crippen LogP contribution is -2.07. The second-order valence-corrected chi connectivity index (χ2v) is 6.27. The highest BCUT2D eigenvalue weighted by atomic mass is 16.1. The van der Waals surface area contributed by atoms with Crippen LogP contribution in [0.2, 0.25) is 0 Å². The van der Waals surface area contributed by atoms with E-state index in [1.54, 1.807) is 0 Å². The predicted octanol–water partition coefficient (Wildman–Crippen LogP) is 4.37. The van der Waals surface area contributed by atoms with Crippen LogP contribution in [0.25, 0.3) is 6.08 Å². The van der Waals surface area contributed by atoms with E-state index in [-0.39, 0.29) is 0 Å². The molecule has 0 heterocycles. The van der Waals surface area contributed by atoms with Gasteiger partial charge in [-0.2, -0.15) is 0 Å². The molecule has 2 aliphatic carbocycles. The molecule has 0 bridgehead atoms. The Bertz CT molecular complexity index is 597. The molecule has 0 aromatic heterocycles. The van der Waals surface area contributed by atoms with Gasteiger partial charge in [-0.25, -0.2) is 0 Å². The summed E-state index contributed by atoms with van der Waals surface area (Å²) in [5, 5.41) is 0. The Morgan fingerprint density at radius 1 is 0.952 bits per heavy atom. The van der Waals surface area contributed by atoms with Crippen molar-refractivity contribution in [3.63, 3.8) is 0 Å². The van der Waals surface area contributed by atoms with Gasteiger partial charge in [0.25, 0.3) is 0 Å². The number of benzene rings is 1. The molecule has 0 aliphatic heterocycles. The SMILES string of the molecule is CN(C)c1ccc(/C=C2/CCC(=C3CCCC3)C2=O)cc1. The smallest absolute Gasteiger partial charge is 0.184 e. The first-order valence-electron chi connectivity index (χ1n) is 7.89. The Morgan fingerprint density at radius 3 is 2.24 bits per heavy atom. The van der Waals surface area contributed by atoms with Crippen LogP contribution in [0.3, 0.4) is 0 Å². The summed E-state index contributed by atoms with van der Waals surface area (Å²) in [7, 11) is 4.07. The Morgan fingerprint density at radius 2 is 1.62 bits per heavy atom. The van der Waals surface area contributed by atoms with Gasteiger partial charge in [0.2, 0.25) is 0 Å². The second-order valence-electron chi connectivity index (χ2n) is 6.27. The number of hydrogen-bond acceptors (Lipinski definition) is 2. The number of hydrogen-bond donors (Lipinski definition) is 0. The molecule has 0 saturated heterocycles. The van der Waals surface area contributed by atoms with Gasteiger partial charge in [0.05, 0.1) is 0 Å². The lowest BCUT2D eigenvalue weighted by atomic mass is 10.0. The number of Topliss-reactive ketones (excluding diaryl/α,β-unsaturated/α-hetero) is 1. The molecule has 1 aromatic carbocycles. The van der Waals surface area contributed by atoms with Gasteiger partial charge in [0.1, 0.15) is 0 Å². The van der Waals surface area contributed by atoms with Crippen LogP contribution in [0, 0.1) is 0 Å². The standard InChI is InChI=1S/C19H23NO/c1-20(2)17-10-7-14(8-11-17)13-16-9-12-18(19(16)21)15-5-3-4-6-15/h7-8,10-11,13H,3-6,9,12H2,1-2H3/b16-13-. The second kappa shape index (κ2) is 5.88. The van der Waals surface area contributed by atoms with Crippen molar-refractivity contribution in [2.75, 3.05) is 19.0 Å². The van der Waals surface area contributed by atoms with Crippen LogP contribution < -0.4 is 4.90 Å². The molecule has 2 nitrogen and oxygen atoms in total. The third-order valence-corrected chi connectivity index (χ3v) is 4.59. The van der Waals surface area contributed by atoms with E-state index in [9.17, 15) is 4.79 Å². The lowest BCUT2D eigenvalue weighted by molar-refractivity contribution is -0.111. The van der Waals surface area contributed by atoms with Crippen LogP contribution in [0.5, 0.6) is 0 Å². The first-order valence-corrected chi connectivity index (χ1v) is 7.89. The fourth-order valence-corrected chi connectivity index (χ4v) is 3.33. The maximum atomic E-state index is 12.5. The summed E-state index contributed by atoms with van der Waals surface area (Å²) in [5.74, 6) is 0.309. The molecule has 0 atom stereocenters. The number of carbonyl (C=O) groups is 1. The summed E-state index contributed by atoms with van der Waals surface area (Å²) in [5.41, 5.74) is 5.86. The van der Waals surface area contributed by atoms with Crippen molar-refractivity contribution in [2.45, 2.75) is 38.5 Å². The van der Waals surface area contributed by atoms with E-state index in [1.165, 1.54) is 24.1 Å². The van der Waals surface area contributed by atoms with Crippen molar-refractivity contribution in [1.82, 2.24) is 0 Å². The van der Waals surface area contributed by atoms with Gasteiger partial charge in [-0.3, -0.25) is 4.79 Å². The summed E-state index contributed by atoms with van der Waals surface area (Å²) < 4.78 is 0. The summed E-state index contributed by atoms with van der Waals surface area (Å²) in [6.45, 7) is 0. The number of anilines is 1. The van der Waals surface area contributed by atoms with Crippen molar-refractivity contribution in [1.29, 1.82) is 0 Å². The molecule has 0 amide bonds. The average molecular weight is 281 g/mol. The van der Waals surface area contributed by atoms with Crippen LogP contribution in [0.4, 0.5) is 5.69 Å². The molecule has 1 aromatic rings. The van der Waals surface area contributed by atoms with Gasteiger partial charge >= 0.3 is 0 Å². The molecule has 2 heteroatoms. The van der Waals surface area contributed by atoms with Crippen molar-refractivity contribution in [3.05, 3.63) is 46.5 Å². The third kappa shape index (κ3) is 2.94. The van der Waals surface area contributed by atoms with Gasteiger partial charge in [-0.15, -0.1) is 0 Å². The molecule has 0 radical (unpaired) electrons. The first kappa shape index (κ1) is 14.1. The van der Waals surface area contributed by atoms with Gasteiger partial charge in [0, 0.05) is 25.4 Å². The lowest BCUT2D eigenvalue weighted by Gasteiger charge is -2.11. The van der Waals surface area contributed by atoms with E-state index in [0.29, 0.717) is 5.78 Å². The van der Waals surface area contributed by atoms with Crippen LogP contribution >= 0.6 is 0 Å². The zero-order chi connectivity index (χ0) is 14.8. The molecule has 0 spiro atoms. The highest BCUT2D eigenvalue weighted by Gasteiger charge is 2.26. The topological polar surface area (TPSA) is 20.3 Å². The Labute approximate surface area is 127 Å². The van der Waals surface area contributed by atoms with Crippen LogP contribution in [-0.4, -0.2) is 19.9 Å². The van der Waals surface area contributed by atoms with Gasteiger partial charge < -0.3 is 4.90 Å². The summed E-state index contributed by atoms with van der Waals surface area (Å²) in [6.07, 6.45) is 8.75. The zero-order valence-corrected chi connectivity index (χ0v) is 13.0. The highest BCUT2D eigenvalue weighted by Crippen LogP contribution is 2.36. The number of nitrogens with zero attached hydrogens (tertiary/aromatic N) is 1. The predicted molar refractivity (Wildman–Crippen MR) is 88.5 cm³/mol. The van der Waals surface area contributed by atoms with Gasteiger partial charge in [-0.05, 0) is 67.9 Å². The normalized spacial score (nSPS) is 20.7. The van der Waals surface area contributed by atoms with Gasteiger partial charge in [-0.1, -0.05) is 17.7 Å². The van der Waals surface area contributed by atoms with Crippen molar-refractivity contribution >= 4 is 17.5 Å². The number of allylic oxidation sites excluding steroid dienone is 3. The maximum Gasteiger partial charge on any atom is 0.184 e. The third-order valence-electron chi connectivity index (χ3n) is 4.59. The molecule has 0 N–H and O–H groups in total. The monoisotopic (exact) mass is 281 g/mol. The summed E-state index contributed by atoms with van der Waals surface area (Å²) in [4.78, 5) is 14.6. The van der Waals surface area contributed by atoms with Crippen molar-refractivity contribution in [2.24, 2.45) is 0 Å². The highest BCUT2D eigenvalue weighted by molar-refractivity contribution is 6.13. The molecule has 2 aliphatic rings. The molecular weight excluding hydrogens is 258 g/mol. The minimum atomic E-state index is 0.309. The zero-order valence-electron chi connectivity index (χ0n) is 13.0. The molecule has 2 fully saturated rings. The molecule has 2 saturated carbocycles. The molecule has 110 valence electrons. The van der Waals surface area contributed by atoms with E-state index >= 15 is 0 Å². The molecule has 0 unspecified atom stereocenters. The van der Waals surface area contributed by atoms with Crippen molar-refractivity contribution in [3.8, 4) is 0 Å². The van der Waals surface area contributed by atoms with Crippen LogP contribution in [0.1, 0.15) is 44.1 Å². The molecular formula is C19H23NO. The minimum absolute atomic E-state index is 0.309. The Hall–Kier alpha value is -1.83. The number of ketones is 1. The number of carbonyl (C=O) groups excluding carboxylic acids is 1. The Balaban J connectivity index is 1.81. The summed E-state index contributed by atoms with van der Waals surface area (Å²) >= 11 is 0. The molecule has 21 heavy (non-hydrogen) atoms. The fraction of sp³-hybridized carbons (Fsp3) is 0.421. The quantitative estimate of drug-likeness (QED) is 0.750. The summed E-state index contributed by atoms with van der Waals surface area (Å²) in [6, 6.07) is 8.39. The van der Waals surface area contributed by atoms with E-state index in [2.05, 4.69) is 35.2 Å². The largest absolute Gasteiger partial charge is 0.378 e. The number of rotatable bonds is 2. The van der Waals surface area contributed by atoms with Crippen LogP contribution in [-0.2, 0) is 4.79 Å². The fourth-order valence-electron chi connectivity index (χ4n) is 3.33. The minimum Gasteiger partial charge on any atom is -0.378 e. The van der Waals surface area contributed by atoms with Crippen LogP contribution in [0.15, 0.2) is 41.0 Å². The van der Waals surface area contributed by atoms with Crippen molar-refractivity contribution < 1.29 is 4.79 Å². The molecule has 3 rings (SSSR count). The van der Waals surface area contributed by atoms with E-state index < -0.39 is 0 Å². The van der Waals surface area contributed by atoms with E-state index in [0.717, 1.165) is 42.4 Å². The first-order chi connectivity index (χ1) is 10.1. The van der Waals surface area contributed by atoms with Gasteiger partial charge in [0.15, 0.2) is 5.78 Å². The average Bonchev–Trinajstić information content (AvgIpc) is 3.10. The maximum absolute atomic E-state index is 12.5. The Kier molecular flexibility index (Phi) is 3.96.